The van der Waals surface area contributed by atoms with E-state index in [9.17, 15) is 14.9 Å². The molecule has 0 spiro atoms. The molecule has 0 bridgehead atoms. The first-order valence-electron chi connectivity index (χ1n) is 6.74. The van der Waals surface area contributed by atoms with Gasteiger partial charge in [0.1, 0.15) is 0 Å². The van der Waals surface area contributed by atoms with Crippen molar-refractivity contribution >= 4 is 11.6 Å². The van der Waals surface area contributed by atoms with Crippen molar-refractivity contribution in [1.29, 1.82) is 0 Å². The van der Waals surface area contributed by atoms with Crippen LogP contribution in [0.1, 0.15) is 30.1 Å². The zero-order chi connectivity index (χ0) is 14.6. The minimum absolute atomic E-state index is 0.00927. The van der Waals surface area contributed by atoms with E-state index in [4.69, 9.17) is 0 Å². The summed E-state index contributed by atoms with van der Waals surface area (Å²) in [4.78, 5) is 22.1. The van der Waals surface area contributed by atoms with E-state index in [1.807, 2.05) is 0 Å². The Labute approximate surface area is 117 Å². The van der Waals surface area contributed by atoms with Gasteiger partial charge in [-0.05, 0) is 36.9 Å². The smallest absolute Gasteiger partial charge is 0.269 e. The number of nitrogens with zero attached hydrogens (tertiary/aromatic N) is 1. The number of non-ortho nitro benzene ring substituents is 1. The highest BCUT2D eigenvalue weighted by atomic mass is 16.6. The van der Waals surface area contributed by atoms with Gasteiger partial charge in [-0.25, -0.2) is 0 Å². The number of nitrogens with one attached hydrogen (secondary N) is 2. The van der Waals surface area contributed by atoms with Crippen LogP contribution < -0.4 is 10.6 Å². The van der Waals surface area contributed by atoms with Gasteiger partial charge < -0.3 is 10.6 Å². The summed E-state index contributed by atoms with van der Waals surface area (Å²) in [6.45, 7) is 4.69. The molecule has 1 saturated heterocycles. The lowest BCUT2D eigenvalue weighted by atomic mass is 9.83. The summed E-state index contributed by atoms with van der Waals surface area (Å²) in [5.41, 5.74) is 0.516. The van der Waals surface area contributed by atoms with Crippen LogP contribution in [0.25, 0.3) is 0 Å². The van der Waals surface area contributed by atoms with Crippen molar-refractivity contribution in [1.82, 2.24) is 10.6 Å². The number of nitro groups is 1. The van der Waals surface area contributed by atoms with E-state index in [-0.39, 0.29) is 17.0 Å². The Hall–Kier alpha value is -1.95. The monoisotopic (exact) mass is 277 g/mol. The Balaban J connectivity index is 1.92. The standard InChI is InChI=1S/C14H19N3O3/c1-14(7-2-8-15-9-14)10-16-13(18)11-3-5-12(6-4-11)17(19)20/h3-6,15H,2,7-10H2,1H3,(H,16,18). The summed E-state index contributed by atoms with van der Waals surface area (Å²) >= 11 is 0. The average Bonchev–Trinajstić information content (AvgIpc) is 2.46. The van der Waals surface area contributed by atoms with E-state index < -0.39 is 4.92 Å². The van der Waals surface area contributed by atoms with E-state index in [2.05, 4.69) is 17.6 Å². The first kappa shape index (κ1) is 14.5. The second-order valence-electron chi connectivity index (χ2n) is 5.58. The number of rotatable bonds is 4. The van der Waals surface area contributed by atoms with Gasteiger partial charge in [0.25, 0.3) is 11.6 Å². The summed E-state index contributed by atoms with van der Waals surface area (Å²) in [5.74, 6) is -0.188. The van der Waals surface area contributed by atoms with Gasteiger partial charge in [0, 0.05) is 30.8 Å². The lowest BCUT2D eigenvalue weighted by Gasteiger charge is -2.34. The van der Waals surface area contributed by atoms with Crippen LogP contribution >= 0.6 is 0 Å². The summed E-state index contributed by atoms with van der Waals surface area (Å²) < 4.78 is 0. The van der Waals surface area contributed by atoms with Crippen molar-refractivity contribution in [2.75, 3.05) is 19.6 Å². The summed E-state index contributed by atoms with van der Waals surface area (Å²) in [6, 6.07) is 5.65. The third kappa shape index (κ3) is 3.54. The highest BCUT2D eigenvalue weighted by Gasteiger charge is 2.27. The second kappa shape index (κ2) is 6.00. The molecule has 1 aliphatic rings. The molecule has 6 nitrogen and oxygen atoms in total. The van der Waals surface area contributed by atoms with Crippen molar-refractivity contribution in [2.45, 2.75) is 19.8 Å². The molecule has 0 saturated carbocycles. The Morgan fingerprint density at radius 1 is 1.45 bits per heavy atom. The van der Waals surface area contributed by atoms with Crippen LogP contribution in [0.4, 0.5) is 5.69 Å². The molecule has 1 fully saturated rings. The molecule has 108 valence electrons. The minimum atomic E-state index is -0.476. The van der Waals surface area contributed by atoms with Gasteiger partial charge in [-0.2, -0.15) is 0 Å². The number of carbonyl (C=O) groups is 1. The maximum atomic E-state index is 12.0. The fourth-order valence-corrected chi connectivity index (χ4v) is 2.40. The number of nitro benzene ring substituents is 1. The number of hydrogen-bond donors (Lipinski definition) is 2. The molecule has 2 rings (SSSR count). The van der Waals surface area contributed by atoms with Gasteiger partial charge >= 0.3 is 0 Å². The molecule has 2 N–H and O–H groups in total. The summed E-state index contributed by atoms with van der Waals surface area (Å²) in [5, 5.41) is 16.8. The first-order valence-corrected chi connectivity index (χ1v) is 6.74. The molecule has 1 amide bonds. The predicted octanol–water partition coefficient (Wildman–Crippen LogP) is 1.71. The lowest BCUT2D eigenvalue weighted by Crippen LogP contribution is -2.45. The number of amides is 1. The van der Waals surface area contributed by atoms with Crippen LogP contribution in [-0.4, -0.2) is 30.5 Å². The number of carbonyl (C=O) groups excluding carboxylic acids is 1. The van der Waals surface area contributed by atoms with E-state index in [0.717, 1.165) is 25.9 Å². The van der Waals surface area contributed by atoms with Crippen molar-refractivity contribution in [3.63, 3.8) is 0 Å². The Kier molecular flexibility index (Phi) is 4.34. The highest BCUT2D eigenvalue weighted by Crippen LogP contribution is 2.24. The van der Waals surface area contributed by atoms with Crippen LogP contribution in [0.3, 0.4) is 0 Å². The average molecular weight is 277 g/mol. The fourth-order valence-electron chi connectivity index (χ4n) is 2.40. The summed E-state index contributed by atoms with van der Waals surface area (Å²) in [7, 11) is 0. The second-order valence-corrected chi connectivity index (χ2v) is 5.58. The molecule has 0 radical (unpaired) electrons. The topological polar surface area (TPSA) is 84.3 Å². The van der Waals surface area contributed by atoms with Crippen LogP contribution in [0.5, 0.6) is 0 Å². The fraction of sp³-hybridized carbons (Fsp3) is 0.500. The van der Waals surface area contributed by atoms with Crippen molar-refractivity contribution < 1.29 is 9.72 Å². The van der Waals surface area contributed by atoms with E-state index in [1.54, 1.807) is 0 Å². The molecule has 1 aromatic carbocycles. The number of hydrogen-bond acceptors (Lipinski definition) is 4. The largest absolute Gasteiger partial charge is 0.351 e. The molecule has 20 heavy (non-hydrogen) atoms. The van der Waals surface area contributed by atoms with E-state index >= 15 is 0 Å². The molecule has 0 aromatic heterocycles. The van der Waals surface area contributed by atoms with Gasteiger partial charge in [0.05, 0.1) is 4.92 Å². The molecular weight excluding hydrogens is 258 g/mol. The highest BCUT2D eigenvalue weighted by molar-refractivity contribution is 5.94. The van der Waals surface area contributed by atoms with Gasteiger partial charge in [0.15, 0.2) is 0 Å². The number of benzene rings is 1. The quantitative estimate of drug-likeness (QED) is 0.648. The lowest BCUT2D eigenvalue weighted by molar-refractivity contribution is -0.384. The van der Waals surface area contributed by atoms with Crippen LogP contribution in [0.15, 0.2) is 24.3 Å². The number of piperidine rings is 1. The normalized spacial score (nSPS) is 22.2. The molecule has 1 aromatic rings. The maximum absolute atomic E-state index is 12.0. The summed E-state index contributed by atoms with van der Waals surface area (Å²) in [6.07, 6.45) is 2.20. The minimum Gasteiger partial charge on any atom is -0.351 e. The van der Waals surface area contributed by atoms with Crippen LogP contribution in [0, 0.1) is 15.5 Å². The van der Waals surface area contributed by atoms with Crippen molar-refractivity contribution in [2.24, 2.45) is 5.41 Å². The first-order chi connectivity index (χ1) is 9.50. The van der Waals surface area contributed by atoms with E-state index in [1.165, 1.54) is 24.3 Å². The van der Waals surface area contributed by atoms with Gasteiger partial charge in [-0.3, -0.25) is 14.9 Å². The zero-order valence-corrected chi connectivity index (χ0v) is 11.5. The van der Waals surface area contributed by atoms with Gasteiger partial charge in [-0.1, -0.05) is 6.92 Å². The Morgan fingerprint density at radius 3 is 2.70 bits per heavy atom. The van der Waals surface area contributed by atoms with Crippen molar-refractivity contribution in [3.8, 4) is 0 Å². The molecule has 1 aliphatic heterocycles. The SMILES string of the molecule is CC1(CNC(=O)c2ccc([N+](=O)[O-])cc2)CCCNC1. The Morgan fingerprint density at radius 2 is 2.15 bits per heavy atom. The van der Waals surface area contributed by atoms with E-state index in [0.29, 0.717) is 12.1 Å². The molecule has 6 heteroatoms. The molecule has 1 unspecified atom stereocenters. The Bertz CT molecular complexity index is 493. The van der Waals surface area contributed by atoms with Gasteiger partial charge in [-0.15, -0.1) is 0 Å². The third-order valence-corrected chi connectivity index (χ3v) is 3.70. The third-order valence-electron chi connectivity index (χ3n) is 3.70. The maximum Gasteiger partial charge on any atom is 0.269 e. The molecule has 1 heterocycles. The molecule has 1 atom stereocenters. The van der Waals surface area contributed by atoms with Crippen LogP contribution in [-0.2, 0) is 0 Å². The van der Waals surface area contributed by atoms with Gasteiger partial charge in [0.2, 0.25) is 0 Å². The predicted molar refractivity (Wildman–Crippen MR) is 75.6 cm³/mol. The zero-order valence-electron chi connectivity index (χ0n) is 11.5. The van der Waals surface area contributed by atoms with Crippen LogP contribution in [0.2, 0.25) is 0 Å². The molecule has 0 aliphatic carbocycles. The van der Waals surface area contributed by atoms with Crippen molar-refractivity contribution in [3.05, 3.63) is 39.9 Å². The molecular formula is C14H19N3O3.